The molecule has 38 heavy (non-hydrogen) atoms. The quantitative estimate of drug-likeness (QED) is 0.532. The number of hydrogen-bond donors (Lipinski definition) is 2. The Kier molecular flexibility index (Phi) is 7.13. The third kappa shape index (κ3) is 5.84. The minimum absolute atomic E-state index is 0.0369. The number of halogens is 3. The zero-order valence-corrected chi connectivity index (χ0v) is 21.1. The summed E-state index contributed by atoms with van der Waals surface area (Å²) < 4.78 is 41.6. The van der Waals surface area contributed by atoms with Crippen LogP contribution in [0, 0.1) is 0 Å². The van der Waals surface area contributed by atoms with E-state index in [1.165, 1.54) is 12.1 Å². The molecule has 2 aliphatic rings. The Bertz CT molecular complexity index is 1410. The molecule has 8 nitrogen and oxygen atoms in total. The van der Waals surface area contributed by atoms with Crippen LogP contribution in [-0.2, 0) is 12.7 Å². The number of hydrogen-bond acceptors (Lipinski definition) is 6. The lowest BCUT2D eigenvalue weighted by atomic mass is 10.0. The molecule has 3 heterocycles. The molecule has 2 amide bonds. The molecule has 2 aromatic carbocycles. The number of nitrogens with zero attached hydrogens (tertiary/aromatic N) is 5. The second kappa shape index (κ2) is 10.5. The van der Waals surface area contributed by atoms with E-state index in [1.807, 2.05) is 43.1 Å². The van der Waals surface area contributed by atoms with Gasteiger partial charge in [-0.05, 0) is 54.8 Å². The lowest BCUT2D eigenvalue weighted by Crippen LogP contribution is -2.44. The number of urea groups is 1. The van der Waals surface area contributed by atoms with E-state index in [9.17, 15) is 18.0 Å². The predicted octanol–water partition coefficient (Wildman–Crippen LogP) is 4.37. The number of aromatic nitrogens is 1. The molecule has 1 fully saturated rings. The number of rotatable bonds is 4. The Balaban J connectivity index is 1.27. The number of pyridine rings is 1. The standard InChI is InChI=1S/C27H28F3N7O/c1-17-24(19-4-3-18-7-8-31-15-21(18)13-19)34-25(32-17)35-26(38)33-22-6-5-20(23(14-22)27(28,29)30)16-37-11-9-36(2)10-12-37/h3-8,13-15,17H,9-12,16H2,1-2H3,(H2,32,33,35,38). The number of aliphatic imine (C=N–C) groups is 2. The number of guanidine groups is 1. The van der Waals surface area contributed by atoms with Gasteiger partial charge in [-0.2, -0.15) is 13.2 Å². The van der Waals surface area contributed by atoms with Crippen molar-refractivity contribution >= 4 is 34.2 Å². The number of fused-ring (bicyclic) bond motifs is 1. The van der Waals surface area contributed by atoms with Crippen molar-refractivity contribution < 1.29 is 18.0 Å². The van der Waals surface area contributed by atoms with E-state index in [0.29, 0.717) is 18.8 Å². The molecule has 0 bridgehead atoms. The molecule has 0 aliphatic carbocycles. The van der Waals surface area contributed by atoms with Crippen LogP contribution in [0.25, 0.3) is 10.8 Å². The molecular formula is C27H28F3N7O. The number of nitrogens with one attached hydrogen (secondary N) is 2. The number of benzene rings is 2. The van der Waals surface area contributed by atoms with E-state index in [-0.39, 0.29) is 29.8 Å². The largest absolute Gasteiger partial charge is 0.416 e. The van der Waals surface area contributed by atoms with E-state index in [4.69, 9.17) is 0 Å². The molecule has 3 aromatic rings. The van der Waals surface area contributed by atoms with Crippen molar-refractivity contribution in [1.29, 1.82) is 0 Å². The summed E-state index contributed by atoms with van der Waals surface area (Å²) in [7, 11) is 2.00. The number of amides is 2. The van der Waals surface area contributed by atoms with E-state index in [2.05, 4.69) is 30.5 Å². The van der Waals surface area contributed by atoms with Gasteiger partial charge in [0.15, 0.2) is 0 Å². The summed E-state index contributed by atoms with van der Waals surface area (Å²) >= 11 is 0. The summed E-state index contributed by atoms with van der Waals surface area (Å²) in [6, 6.07) is 10.6. The Morgan fingerprint density at radius 1 is 1.03 bits per heavy atom. The summed E-state index contributed by atoms with van der Waals surface area (Å²) in [5.41, 5.74) is 0.993. The highest BCUT2D eigenvalue weighted by atomic mass is 19.4. The number of piperazine rings is 1. The highest BCUT2D eigenvalue weighted by Gasteiger charge is 2.34. The topological polar surface area (TPSA) is 85.2 Å². The van der Waals surface area contributed by atoms with E-state index in [0.717, 1.165) is 35.5 Å². The Labute approximate surface area is 218 Å². The van der Waals surface area contributed by atoms with Crippen molar-refractivity contribution in [3.63, 3.8) is 0 Å². The van der Waals surface area contributed by atoms with Crippen molar-refractivity contribution in [3.05, 3.63) is 71.5 Å². The van der Waals surface area contributed by atoms with Crippen LogP contribution in [0.1, 0.15) is 23.6 Å². The Hall–Kier alpha value is -3.83. The molecule has 11 heteroatoms. The highest BCUT2D eigenvalue weighted by molar-refractivity contribution is 6.17. The number of alkyl halides is 3. The van der Waals surface area contributed by atoms with Crippen LogP contribution in [0.15, 0.2) is 64.8 Å². The van der Waals surface area contributed by atoms with Crippen LogP contribution in [-0.4, -0.2) is 71.8 Å². The van der Waals surface area contributed by atoms with E-state index < -0.39 is 17.8 Å². The minimum Gasteiger partial charge on any atom is -0.308 e. The van der Waals surface area contributed by atoms with Gasteiger partial charge in [0.25, 0.3) is 0 Å². The van der Waals surface area contributed by atoms with Crippen LogP contribution < -0.4 is 10.6 Å². The lowest BCUT2D eigenvalue weighted by molar-refractivity contribution is -0.138. The Morgan fingerprint density at radius 2 is 1.82 bits per heavy atom. The first-order valence-electron chi connectivity index (χ1n) is 12.4. The van der Waals surface area contributed by atoms with Gasteiger partial charge >= 0.3 is 12.2 Å². The maximum Gasteiger partial charge on any atom is 0.416 e. The van der Waals surface area contributed by atoms with Gasteiger partial charge < -0.3 is 10.2 Å². The summed E-state index contributed by atoms with van der Waals surface area (Å²) in [4.78, 5) is 29.7. The number of carbonyl (C=O) groups excluding carboxylic acids is 1. The van der Waals surface area contributed by atoms with Crippen LogP contribution in [0.5, 0.6) is 0 Å². The summed E-state index contributed by atoms with van der Waals surface area (Å²) in [5, 5.41) is 7.02. The molecule has 1 aromatic heterocycles. The fourth-order valence-corrected chi connectivity index (χ4v) is 4.66. The predicted molar refractivity (Wildman–Crippen MR) is 142 cm³/mol. The summed E-state index contributed by atoms with van der Waals surface area (Å²) in [6.45, 7) is 5.09. The molecule has 1 saturated heterocycles. The highest BCUT2D eigenvalue weighted by Crippen LogP contribution is 2.34. The first-order chi connectivity index (χ1) is 18.2. The molecule has 1 atom stereocenters. The lowest BCUT2D eigenvalue weighted by Gasteiger charge is -2.33. The van der Waals surface area contributed by atoms with Crippen LogP contribution >= 0.6 is 0 Å². The Morgan fingerprint density at radius 3 is 2.58 bits per heavy atom. The van der Waals surface area contributed by atoms with Gasteiger partial charge in [-0.25, -0.2) is 14.8 Å². The van der Waals surface area contributed by atoms with Gasteiger partial charge in [-0.15, -0.1) is 0 Å². The fourth-order valence-electron chi connectivity index (χ4n) is 4.66. The maximum absolute atomic E-state index is 13.9. The van der Waals surface area contributed by atoms with Crippen molar-refractivity contribution in [2.45, 2.75) is 25.7 Å². The SMILES string of the molecule is CC1N=C(NC(=O)Nc2ccc(CN3CCN(C)CC3)c(C(F)(F)F)c2)N=C1c1ccc2ccncc2c1. The molecule has 0 saturated carbocycles. The number of carbonyl (C=O) groups is 1. The van der Waals surface area contributed by atoms with Gasteiger partial charge in [0.2, 0.25) is 5.96 Å². The van der Waals surface area contributed by atoms with Crippen LogP contribution in [0.2, 0.25) is 0 Å². The molecule has 5 rings (SSSR count). The van der Waals surface area contributed by atoms with Crippen LogP contribution in [0.4, 0.5) is 23.7 Å². The number of likely N-dealkylation sites (N-methyl/N-ethyl adjacent to an activating group) is 1. The van der Waals surface area contributed by atoms with Crippen molar-refractivity contribution in [2.75, 3.05) is 38.5 Å². The average Bonchev–Trinajstić information content (AvgIpc) is 3.24. The first kappa shape index (κ1) is 25.8. The average molecular weight is 524 g/mol. The fraction of sp³-hybridized carbons (Fsp3) is 0.333. The van der Waals surface area contributed by atoms with Crippen LogP contribution in [0.3, 0.4) is 0 Å². The molecule has 1 unspecified atom stereocenters. The normalized spacial score (nSPS) is 18.8. The van der Waals surface area contributed by atoms with Gasteiger partial charge in [-0.3, -0.25) is 15.2 Å². The monoisotopic (exact) mass is 523 g/mol. The zero-order chi connectivity index (χ0) is 26.9. The van der Waals surface area contributed by atoms with Gasteiger partial charge in [0.05, 0.1) is 17.3 Å². The molecule has 0 radical (unpaired) electrons. The molecule has 2 N–H and O–H groups in total. The smallest absolute Gasteiger partial charge is 0.308 e. The minimum atomic E-state index is -4.55. The van der Waals surface area contributed by atoms with Gasteiger partial charge in [-0.1, -0.05) is 18.2 Å². The summed E-state index contributed by atoms with van der Waals surface area (Å²) in [5.74, 6) is 0.0963. The molecular weight excluding hydrogens is 495 g/mol. The van der Waals surface area contributed by atoms with Gasteiger partial charge in [0, 0.05) is 56.2 Å². The molecule has 2 aliphatic heterocycles. The maximum atomic E-state index is 13.9. The van der Waals surface area contributed by atoms with E-state index >= 15 is 0 Å². The number of anilines is 1. The molecule has 0 spiro atoms. The van der Waals surface area contributed by atoms with Crippen molar-refractivity contribution in [1.82, 2.24) is 20.1 Å². The zero-order valence-electron chi connectivity index (χ0n) is 21.1. The van der Waals surface area contributed by atoms with Crippen molar-refractivity contribution in [2.24, 2.45) is 9.98 Å². The van der Waals surface area contributed by atoms with Gasteiger partial charge in [0.1, 0.15) is 0 Å². The third-order valence-electron chi connectivity index (χ3n) is 6.76. The third-order valence-corrected chi connectivity index (χ3v) is 6.76. The van der Waals surface area contributed by atoms with E-state index in [1.54, 1.807) is 12.4 Å². The molecule has 198 valence electrons. The first-order valence-corrected chi connectivity index (χ1v) is 12.4. The summed E-state index contributed by atoms with van der Waals surface area (Å²) in [6.07, 6.45) is -1.06. The second-order valence-corrected chi connectivity index (χ2v) is 9.59. The van der Waals surface area contributed by atoms with Crippen molar-refractivity contribution in [3.8, 4) is 0 Å². The second-order valence-electron chi connectivity index (χ2n) is 9.59.